The second-order valence-electron chi connectivity index (χ2n) is 19.7. The minimum absolute atomic E-state index is 0. The Morgan fingerprint density at radius 3 is 0.554 bits per heavy atom. The Labute approximate surface area is 437 Å². The van der Waals surface area contributed by atoms with E-state index in [4.69, 9.17) is 0 Å². The largest absolute Gasteiger partial charge is 2.00 e. The van der Waals surface area contributed by atoms with Crippen LogP contribution in [0.25, 0.3) is 0 Å². The van der Waals surface area contributed by atoms with E-state index >= 15 is 0 Å². The molecule has 11 heteroatoms. The Hall–Kier alpha value is 1.000. The van der Waals surface area contributed by atoms with Crippen molar-refractivity contribution in [1.29, 1.82) is 0 Å². The summed E-state index contributed by atoms with van der Waals surface area (Å²) in [5.41, 5.74) is 0. The van der Waals surface area contributed by atoms with Crippen LogP contribution in [0.2, 0.25) is 0 Å². The molecule has 0 radical (unpaired) electrons. The van der Waals surface area contributed by atoms with Gasteiger partial charge in [-0.25, -0.2) is 16.8 Å². The molecule has 0 bridgehead atoms. The average molecular weight is 992 g/mol. The van der Waals surface area contributed by atoms with Crippen LogP contribution in [-0.2, 0) is 29.2 Å². The Morgan fingerprint density at radius 1 is 0.277 bits per heavy atom. The molecule has 0 saturated carbocycles. The Morgan fingerprint density at radius 2 is 0.415 bits per heavy atom. The fourth-order valence-electron chi connectivity index (χ4n) is 9.02. The average Bonchev–Trinajstić information content (AvgIpc) is 3.26. The molecule has 0 amide bonds. The van der Waals surface area contributed by atoms with Crippen LogP contribution >= 0.6 is 0 Å². The van der Waals surface area contributed by atoms with Crippen molar-refractivity contribution in [2.24, 2.45) is 11.8 Å². The topological polar surface area (TPSA) is 133 Å². The molecule has 65 heavy (non-hydrogen) atoms. The summed E-state index contributed by atoms with van der Waals surface area (Å²) in [6.07, 6.45) is 58.7. The zero-order valence-corrected chi connectivity index (χ0v) is 47.7. The molecule has 0 aromatic carbocycles. The summed E-state index contributed by atoms with van der Waals surface area (Å²) < 4.78 is 74.4. The van der Waals surface area contributed by atoms with Crippen LogP contribution in [0.1, 0.15) is 323 Å². The van der Waals surface area contributed by atoms with Gasteiger partial charge in [-0.05, 0) is 37.5 Å². The summed E-state index contributed by atoms with van der Waals surface area (Å²) in [5, 5.41) is 0. The first kappa shape index (κ1) is 70.3. The van der Waals surface area contributed by atoms with Gasteiger partial charge >= 0.3 is 37.7 Å². The Bertz CT molecular complexity index is 1020. The molecule has 0 heterocycles. The molecule has 0 rings (SSSR count). The predicted molar refractivity (Wildman–Crippen MR) is 279 cm³/mol. The molecule has 0 N–H and O–H groups in total. The van der Waals surface area contributed by atoms with Crippen LogP contribution in [0.3, 0.4) is 0 Å². The van der Waals surface area contributed by atoms with Gasteiger partial charge in [-0.15, -0.1) is 0 Å². The number of hydrogen-bond donors (Lipinski definition) is 0. The van der Waals surface area contributed by atoms with Crippen LogP contribution in [0.5, 0.6) is 0 Å². The predicted octanol–water partition coefficient (Wildman–Crippen LogP) is 17.8. The van der Waals surface area contributed by atoms with Crippen molar-refractivity contribution in [2.75, 3.05) is 13.2 Å². The zero-order valence-electron chi connectivity index (χ0n) is 43.9. The van der Waals surface area contributed by atoms with Crippen molar-refractivity contribution in [2.45, 2.75) is 323 Å². The van der Waals surface area contributed by atoms with Gasteiger partial charge in [0.2, 0.25) is 20.8 Å². The second-order valence-corrected chi connectivity index (χ2v) is 21.8. The van der Waals surface area contributed by atoms with E-state index in [2.05, 4.69) is 36.1 Å². The molecule has 0 saturated heterocycles. The molecular weight excluding hydrogens is 881 g/mol. The molecule has 0 aliphatic carbocycles. The zero-order chi connectivity index (χ0) is 47.5. The van der Waals surface area contributed by atoms with E-state index < -0.39 is 20.8 Å². The molecule has 0 aromatic rings. The van der Waals surface area contributed by atoms with E-state index in [-0.39, 0.29) is 62.8 Å². The summed E-state index contributed by atoms with van der Waals surface area (Å²) >= 11 is 0. The maximum atomic E-state index is 10.9. The molecule has 0 spiro atoms. The third-order valence-corrected chi connectivity index (χ3v) is 14.1. The van der Waals surface area contributed by atoms with Gasteiger partial charge in [0, 0.05) is 0 Å². The molecule has 8 nitrogen and oxygen atoms in total. The van der Waals surface area contributed by atoms with Gasteiger partial charge in [0.1, 0.15) is 0 Å². The van der Waals surface area contributed by atoms with Gasteiger partial charge in [0.05, 0.1) is 13.2 Å². The molecule has 388 valence electrons. The van der Waals surface area contributed by atoms with Crippen LogP contribution in [-0.4, -0.2) is 76.9 Å². The van der Waals surface area contributed by atoms with Gasteiger partial charge in [0.15, 0.2) is 0 Å². The van der Waals surface area contributed by atoms with Gasteiger partial charge in [-0.3, -0.25) is 8.37 Å². The van der Waals surface area contributed by atoms with E-state index in [0.717, 1.165) is 51.4 Å². The van der Waals surface area contributed by atoms with Crippen molar-refractivity contribution < 1.29 is 34.3 Å². The standard InChI is InChI=1S/2C27H56O4S.Ca/c2*1-3-5-7-9-11-13-15-17-19-21-23-25-27(26-31-32(28,29)30)24-22-20-18-16-14-12-10-8-6-4-2;/h2*27H,3-26H2,1-2H3,(H,28,29,30);/q;;+2/p-2. The second kappa shape index (κ2) is 55.9. The first-order valence-electron chi connectivity index (χ1n) is 28.2. The van der Waals surface area contributed by atoms with Crippen LogP contribution in [0, 0.1) is 11.8 Å². The van der Waals surface area contributed by atoms with Gasteiger partial charge in [-0.2, -0.15) is 0 Å². The fraction of sp³-hybridized carbons (Fsp3) is 1.00. The number of hydrogen-bond acceptors (Lipinski definition) is 8. The minimum atomic E-state index is -4.58. The smallest absolute Gasteiger partial charge is 0.726 e. The molecule has 2 atom stereocenters. The molecule has 0 aliphatic heterocycles. The van der Waals surface area contributed by atoms with Crippen LogP contribution < -0.4 is 0 Å². The van der Waals surface area contributed by atoms with Crippen LogP contribution in [0.4, 0.5) is 0 Å². The van der Waals surface area contributed by atoms with E-state index in [1.54, 1.807) is 0 Å². The third-order valence-electron chi connectivity index (χ3n) is 13.3. The van der Waals surface area contributed by atoms with E-state index in [9.17, 15) is 25.9 Å². The van der Waals surface area contributed by atoms with Crippen molar-refractivity contribution in [3.63, 3.8) is 0 Å². The van der Waals surface area contributed by atoms with E-state index in [0.29, 0.717) is 0 Å². The maximum Gasteiger partial charge on any atom is 2.00 e. The first-order chi connectivity index (χ1) is 31.0. The van der Waals surface area contributed by atoms with Gasteiger partial charge in [-0.1, -0.05) is 297 Å². The molecular formula is C54H110CaO8S2. The van der Waals surface area contributed by atoms with Gasteiger partial charge in [0.25, 0.3) is 0 Å². The summed E-state index contributed by atoms with van der Waals surface area (Å²) in [4.78, 5) is 0. The third kappa shape index (κ3) is 65.0. The van der Waals surface area contributed by atoms with Gasteiger partial charge < -0.3 is 9.11 Å². The van der Waals surface area contributed by atoms with Crippen molar-refractivity contribution in [1.82, 2.24) is 0 Å². The molecule has 0 aromatic heterocycles. The Balaban J connectivity index is -0.00000116. The minimum Gasteiger partial charge on any atom is -0.726 e. The normalized spacial score (nSPS) is 12.8. The van der Waals surface area contributed by atoms with Crippen molar-refractivity contribution in [3.05, 3.63) is 0 Å². The summed E-state index contributed by atoms with van der Waals surface area (Å²) in [6, 6.07) is 0. The van der Waals surface area contributed by atoms with E-state index in [1.165, 1.54) is 244 Å². The summed E-state index contributed by atoms with van der Waals surface area (Å²) in [6.45, 7) is 9.16. The van der Waals surface area contributed by atoms with E-state index in [1.807, 2.05) is 0 Å². The van der Waals surface area contributed by atoms with Crippen molar-refractivity contribution in [3.8, 4) is 0 Å². The summed E-state index contributed by atoms with van der Waals surface area (Å²) in [7, 11) is -9.15. The molecule has 0 aliphatic rings. The first-order valence-corrected chi connectivity index (χ1v) is 30.9. The molecule has 2 unspecified atom stereocenters. The molecule has 0 fully saturated rings. The monoisotopic (exact) mass is 991 g/mol. The van der Waals surface area contributed by atoms with Crippen LogP contribution in [0.15, 0.2) is 0 Å². The number of unbranched alkanes of at least 4 members (excludes halogenated alkanes) is 38. The summed E-state index contributed by atoms with van der Waals surface area (Å²) in [5.74, 6) is 0.401. The maximum absolute atomic E-state index is 10.9. The van der Waals surface area contributed by atoms with Crippen molar-refractivity contribution >= 4 is 58.5 Å². The Kier molecular flexibility index (Phi) is 60.4. The quantitative estimate of drug-likeness (QED) is 0.0255. The fourth-order valence-corrected chi connectivity index (χ4v) is 9.73. The SMILES string of the molecule is CCCCCCCCCCCCCC(CCCCCCCCCCCC)COS(=O)(=O)[O-].CCCCCCCCCCCCCC(CCCCCCCCCCCC)COS(=O)(=O)[O-].[Ca+2]. The number of rotatable bonds is 52.